The molecule has 5 heteroatoms. The van der Waals surface area contributed by atoms with Crippen molar-refractivity contribution in [3.05, 3.63) is 76.5 Å². The van der Waals surface area contributed by atoms with Gasteiger partial charge >= 0.3 is 0 Å². The molecule has 2 aromatic carbocycles. The number of nitrogens with one attached hydrogen (secondary N) is 1. The Hall–Kier alpha value is -2.53. The number of aryl methyl sites for hydroxylation is 1. The molecular formula is C18H14BrN3O. The number of hydrogen-bond acceptors (Lipinski definition) is 3. The quantitative estimate of drug-likeness (QED) is 0.742. The van der Waals surface area contributed by atoms with Crippen molar-refractivity contribution in [3.63, 3.8) is 0 Å². The molecule has 1 aromatic heterocycles. The maximum Gasteiger partial charge on any atom is 0.258 e. The van der Waals surface area contributed by atoms with Crippen LogP contribution >= 0.6 is 15.9 Å². The van der Waals surface area contributed by atoms with E-state index in [1.807, 2.05) is 55.5 Å². The summed E-state index contributed by atoms with van der Waals surface area (Å²) in [4.78, 5) is 20.8. The van der Waals surface area contributed by atoms with Gasteiger partial charge in [-0.25, -0.2) is 9.97 Å². The molecule has 0 atom stereocenters. The highest BCUT2D eigenvalue weighted by Crippen LogP contribution is 2.24. The molecule has 4 nitrogen and oxygen atoms in total. The van der Waals surface area contributed by atoms with Crippen LogP contribution in [0.5, 0.6) is 0 Å². The van der Waals surface area contributed by atoms with Crippen LogP contribution in [-0.2, 0) is 0 Å². The summed E-state index contributed by atoms with van der Waals surface area (Å²) >= 11 is 3.44. The van der Waals surface area contributed by atoms with Crippen molar-refractivity contribution in [2.75, 3.05) is 5.32 Å². The number of anilines is 1. The highest BCUT2D eigenvalue weighted by molar-refractivity contribution is 9.10. The van der Waals surface area contributed by atoms with Gasteiger partial charge < -0.3 is 5.32 Å². The standard InChI is InChI=1S/C18H14BrN3O/c1-12-7-8-16(15(19)9-12)22-18(23)14-10-20-17(21-11-14)13-5-3-2-4-6-13/h2-11H,1H3,(H,22,23). The molecule has 114 valence electrons. The van der Waals surface area contributed by atoms with Crippen molar-refractivity contribution in [2.24, 2.45) is 0 Å². The lowest BCUT2D eigenvalue weighted by Crippen LogP contribution is -2.13. The van der Waals surface area contributed by atoms with Gasteiger partial charge in [-0.1, -0.05) is 36.4 Å². The summed E-state index contributed by atoms with van der Waals surface area (Å²) in [6.45, 7) is 1.99. The lowest BCUT2D eigenvalue weighted by molar-refractivity contribution is 0.102. The molecule has 0 spiro atoms. The largest absolute Gasteiger partial charge is 0.321 e. The van der Waals surface area contributed by atoms with Crippen molar-refractivity contribution < 1.29 is 4.79 Å². The highest BCUT2D eigenvalue weighted by atomic mass is 79.9. The van der Waals surface area contributed by atoms with Crippen molar-refractivity contribution in [3.8, 4) is 11.4 Å². The molecular weight excluding hydrogens is 354 g/mol. The van der Waals surface area contributed by atoms with Crippen molar-refractivity contribution in [1.82, 2.24) is 9.97 Å². The number of halogens is 1. The molecule has 0 bridgehead atoms. The fourth-order valence-corrected chi connectivity index (χ4v) is 2.69. The zero-order valence-electron chi connectivity index (χ0n) is 12.5. The summed E-state index contributed by atoms with van der Waals surface area (Å²) in [6.07, 6.45) is 3.07. The molecule has 0 radical (unpaired) electrons. The van der Waals surface area contributed by atoms with Crippen molar-refractivity contribution >= 4 is 27.5 Å². The summed E-state index contributed by atoms with van der Waals surface area (Å²) in [5.41, 5.74) is 3.16. The molecule has 0 aliphatic rings. The lowest BCUT2D eigenvalue weighted by atomic mass is 10.2. The van der Waals surface area contributed by atoms with E-state index in [0.717, 1.165) is 15.6 Å². The molecule has 1 amide bonds. The second-order valence-corrected chi connectivity index (χ2v) is 5.95. The Labute approximate surface area is 142 Å². The van der Waals surface area contributed by atoms with Gasteiger partial charge in [-0.3, -0.25) is 4.79 Å². The Balaban J connectivity index is 1.78. The number of amides is 1. The van der Waals surface area contributed by atoms with E-state index in [9.17, 15) is 4.79 Å². The van der Waals surface area contributed by atoms with Crippen molar-refractivity contribution in [1.29, 1.82) is 0 Å². The summed E-state index contributed by atoms with van der Waals surface area (Å²) in [7, 11) is 0. The van der Waals surface area contributed by atoms with E-state index in [2.05, 4.69) is 31.2 Å². The average molecular weight is 368 g/mol. The van der Waals surface area contributed by atoms with Crippen molar-refractivity contribution in [2.45, 2.75) is 6.92 Å². The zero-order valence-corrected chi connectivity index (χ0v) is 14.0. The molecule has 0 aliphatic carbocycles. The van der Waals surface area contributed by atoms with E-state index in [4.69, 9.17) is 0 Å². The third kappa shape index (κ3) is 3.63. The Bertz CT molecular complexity index is 833. The van der Waals surface area contributed by atoms with Crippen LogP contribution in [0.25, 0.3) is 11.4 Å². The predicted octanol–water partition coefficient (Wildman–Crippen LogP) is 4.47. The number of nitrogens with zero attached hydrogens (tertiary/aromatic N) is 2. The molecule has 23 heavy (non-hydrogen) atoms. The van der Waals surface area contributed by atoms with E-state index in [-0.39, 0.29) is 5.91 Å². The van der Waals surface area contributed by atoms with E-state index in [0.29, 0.717) is 17.1 Å². The first-order valence-electron chi connectivity index (χ1n) is 7.08. The van der Waals surface area contributed by atoms with Gasteiger partial charge in [-0.05, 0) is 40.5 Å². The number of hydrogen-bond donors (Lipinski definition) is 1. The van der Waals surface area contributed by atoms with E-state index >= 15 is 0 Å². The second kappa shape index (κ2) is 6.71. The highest BCUT2D eigenvalue weighted by Gasteiger charge is 2.10. The summed E-state index contributed by atoms with van der Waals surface area (Å²) < 4.78 is 0.840. The first-order valence-corrected chi connectivity index (χ1v) is 7.88. The summed E-state index contributed by atoms with van der Waals surface area (Å²) in [6, 6.07) is 15.4. The Morgan fingerprint density at radius 2 is 1.74 bits per heavy atom. The Kier molecular flexibility index (Phi) is 4.48. The van der Waals surface area contributed by atoms with Gasteiger partial charge in [0.05, 0.1) is 11.3 Å². The number of rotatable bonds is 3. The maximum absolute atomic E-state index is 12.3. The van der Waals surface area contributed by atoms with Gasteiger partial charge in [0.2, 0.25) is 0 Å². The van der Waals surface area contributed by atoms with Gasteiger partial charge in [0.1, 0.15) is 0 Å². The van der Waals surface area contributed by atoms with Gasteiger partial charge in [-0.15, -0.1) is 0 Å². The fourth-order valence-electron chi connectivity index (χ4n) is 2.10. The minimum atomic E-state index is -0.242. The fraction of sp³-hybridized carbons (Fsp3) is 0.0556. The van der Waals surface area contributed by atoms with Gasteiger partial charge in [0.25, 0.3) is 5.91 Å². The monoisotopic (exact) mass is 367 g/mol. The van der Waals surface area contributed by atoms with E-state index < -0.39 is 0 Å². The Morgan fingerprint density at radius 1 is 1.04 bits per heavy atom. The van der Waals surface area contributed by atoms with Crippen LogP contribution in [0.1, 0.15) is 15.9 Å². The van der Waals surface area contributed by atoms with Gasteiger partial charge in [0.15, 0.2) is 5.82 Å². The molecule has 0 aliphatic heterocycles. The summed E-state index contributed by atoms with van der Waals surface area (Å²) in [5.74, 6) is 0.354. The van der Waals surface area contributed by atoms with Crippen LogP contribution in [0.2, 0.25) is 0 Å². The van der Waals surface area contributed by atoms with Crippen LogP contribution in [0.3, 0.4) is 0 Å². The molecule has 3 rings (SSSR count). The molecule has 0 unspecified atom stereocenters. The minimum absolute atomic E-state index is 0.242. The lowest BCUT2D eigenvalue weighted by Gasteiger charge is -2.08. The number of aromatic nitrogens is 2. The number of carbonyl (C=O) groups excluding carboxylic acids is 1. The SMILES string of the molecule is Cc1ccc(NC(=O)c2cnc(-c3ccccc3)nc2)c(Br)c1. The number of carbonyl (C=O) groups is 1. The average Bonchev–Trinajstić information content (AvgIpc) is 2.58. The van der Waals surface area contributed by atoms with E-state index in [1.54, 1.807) is 0 Å². The zero-order chi connectivity index (χ0) is 16.2. The maximum atomic E-state index is 12.3. The van der Waals surface area contributed by atoms with Crippen LogP contribution in [0.15, 0.2) is 65.4 Å². The van der Waals surface area contributed by atoms with E-state index in [1.165, 1.54) is 12.4 Å². The normalized spacial score (nSPS) is 10.3. The minimum Gasteiger partial charge on any atom is -0.321 e. The first-order chi connectivity index (χ1) is 11.1. The molecule has 1 N–H and O–H groups in total. The Morgan fingerprint density at radius 3 is 2.39 bits per heavy atom. The first kappa shape index (κ1) is 15.4. The van der Waals surface area contributed by atoms with Crippen LogP contribution < -0.4 is 5.32 Å². The van der Waals surface area contributed by atoms with Crippen LogP contribution in [-0.4, -0.2) is 15.9 Å². The third-order valence-corrected chi connectivity index (χ3v) is 3.97. The molecule has 3 aromatic rings. The van der Waals surface area contributed by atoms with Crippen LogP contribution in [0, 0.1) is 6.92 Å². The van der Waals surface area contributed by atoms with Crippen LogP contribution in [0.4, 0.5) is 5.69 Å². The molecule has 1 heterocycles. The van der Waals surface area contributed by atoms with Gasteiger partial charge in [-0.2, -0.15) is 0 Å². The van der Waals surface area contributed by atoms with Gasteiger partial charge in [0, 0.05) is 22.4 Å². The second-order valence-electron chi connectivity index (χ2n) is 5.10. The topological polar surface area (TPSA) is 54.9 Å². The smallest absolute Gasteiger partial charge is 0.258 e. The predicted molar refractivity (Wildman–Crippen MR) is 94.3 cm³/mol. The summed E-state index contributed by atoms with van der Waals surface area (Å²) in [5, 5.41) is 2.85. The molecule has 0 fully saturated rings. The molecule has 0 saturated carbocycles. The molecule has 0 saturated heterocycles. The number of benzene rings is 2. The third-order valence-electron chi connectivity index (χ3n) is 3.32.